The highest BCUT2D eigenvalue weighted by atomic mass is 32.2. The number of nitrogens with one attached hydrogen (secondary N) is 1. The average Bonchev–Trinajstić information content (AvgIpc) is 2.35. The van der Waals surface area contributed by atoms with Crippen LogP contribution in [0.1, 0.15) is 19.8 Å². The van der Waals surface area contributed by atoms with Crippen molar-refractivity contribution >= 4 is 16.0 Å². The molecular weight excluding hydrogens is 346 g/mol. The Labute approximate surface area is 129 Å². The quantitative estimate of drug-likeness (QED) is 0.729. The van der Waals surface area contributed by atoms with Crippen molar-refractivity contribution in [1.82, 2.24) is 4.72 Å². The van der Waals surface area contributed by atoms with E-state index in [1.54, 1.807) is 11.6 Å². The zero-order valence-electron chi connectivity index (χ0n) is 11.7. The van der Waals surface area contributed by atoms with Crippen molar-refractivity contribution in [3.63, 3.8) is 0 Å². The first-order chi connectivity index (χ1) is 10.5. The van der Waals surface area contributed by atoms with Crippen LogP contribution in [0, 0.1) is 5.82 Å². The van der Waals surface area contributed by atoms with Crippen molar-refractivity contribution in [1.29, 1.82) is 0 Å². The van der Waals surface area contributed by atoms with E-state index >= 15 is 0 Å². The molecule has 0 aliphatic rings. The SMILES string of the molecule is CCCC(NS(=O)(=O)c1c(F)cccc1OC(F)(F)F)C(=O)O. The van der Waals surface area contributed by atoms with Crippen LogP contribution >= 0.6 is 0 Å². The molecule has 0 spiro atoms. The van der Waals surface area contributed by atoms with E-state index in [9.17, 15) is 30.8 Å². The van der Waals surface area contributed by atoms with Crippen LogP contribution in [0.25, 0.3) is 0 Å². The molecule has 6 nitrogen and oxygen atoms in total. The van der Waals surface area contributed by atoms with Gasteiger partial charge in [-0.05, 0) is 18.6 Å². The topological polar surface area (TPSA) is 92.7 Å². The maximum absolute atomic E-state index is 13.7. The minimum atomic E-state index is -5.24. The van der Waals surface area contributed by atoms with Crippen LogP contribution in [-0.2, 0) is 14.8 Å². The third-order valence-electron chi connectivity index (χ3n) is 2.60. The number of ether oxygens (including phenoxy) is 1. The van der Waals surface area contributed by atoms with E-state index in [-0.39, 0.29) is 12.8 Å². The number of hydrogen-bond donors (Lipinski definition) is 2. The van der Waals surface area contributed by atoms with Crippen LogP contribution in [0.4, 0.5) is 17.6 Å². The molecule has 11 heteroatoms. The fourth-order valence-corrected chi connectivity index (χ4v) is 3.13. The van der Waals surface area contributed by atoms with Gasteiger partial charge in [-0.1, -0.05) is 19.4 Å². The number of alkyl halides is 3. The van der Waals surface area contributed by atoms with Gasteiger partial charge in [-0.2, -0.15) is 4.72 Å². The Morgan fingerprint density at radius 2 is 2.00 bits per heavy atom. The number of hydrogen-bond acceptors (Lipinski definition) is 4. The molecule has 2 N–H and O–H groups in total. The molecule has 1 rings (SSSR count). The molecule has 0 aromatic heterocycles. The lowest BCUT2D eigenvalue weighted by atomic mass is 10.2. The highest BCUT2D eigenvalue weighted by molar-refractivity contribution is 7.89. The van der Waals surface area contributed by atoms with Gasteiger partial charge in [0.15, 0.2) is 10.6 Å². The summed E-state index contributed by atoms with van der Waals surface area (Å²) in [4.78, 5) is 9.56. The van der Waals surface area contributed by atoms with Crippen LogP contribution < -0.4 is 9.46 Å². The Morgan fingerprint density at radius 3 is 2.48 bits per heavy atom. The Kier molecular flexibility index (Phi) is 5.94. The van der Waals surface area contributed by atoms with Crippen molar-refractivity contribution < 1.29 is 40.6 Å². The normalized spacial score (nSPS) is 13.6. The maximum atomic E-state index is 13.7. The first-order valence-electron chi connectivity index (χ1n) is 6.27. The van der Waals surface area contributed by atoms with Gasteiger partial charge in [-0.15, -0.1) is 13.2 Å². The summed E-state index contributed by atoms with van der Waals surface area (Å²) in [6.45, 7) is 1.57. The standard InChI is InChI=1S/C12H13F4NO5S/c1-2-4-8(11(18)19)17-23(20,21)10-7(13)5-3-6-9(10)22-12(14,15)16/h3,5-6,8,17H,2,4H2,1H3,(H,18,19). The van der Waals surface area contributed by atoms with E-state index in [1.807, 2.05) is 0 Å². The second kappa shape index (κ2) is 7.13. The van der Waals surface area contributed by atoms with Gasteiger partial charge in [-0.3, -0.25) is 4.79 Å². The smallest absolute Gasteiger partial charge is 0.480 e. The summed E-state index contributed by atoms with van der Waals surface area (Å²) in [6.07, 6.45) is -5.09. The summed E-state index contributed by atoms with van der Waals surface area (Å²) in [6, 6.07) is 0.452. The second-order valence-corrected chi connectivity index (χ2v) is 6.07. The fraction of sp³-hybridized carbons (Fsp3) is 0.417. The molecule has 130 valence electrons. The number of carboxylic acids is 1. The minimum absolute atomic E-state index is 0.127. The molecular formula is C12H13F4NO5S. The molecule has 1 unspecified atom stereocenters. The van der Waals surface area contributed by atoms with Crippen LogP contribution in [0.2, 0.25) is 0 Å². The van der Waals surface area contributed by atoms with Crippen molar-refractivity contribution in [2.24, 2.45) is 0 Å². The van der Waals surface area contributed by atoms with E-state index in [1.165, 1.54) is 0 Å². The Balaban J connectivity index is 3.29. The molecule has 0 aliphatic heterocycles. The molecule has 0 bridgehead atoms. The van der Waals surface area contributed by atoms with Gasteiger partial charge in [0.2, 0.25) is 10.0 Å². The summed E-state index contributed by atoms with van der Waals surface area (Å²) in [7, 11) is -4.89. The highest BCUT2D eigenvalue weighted by Crippen LogP contribution is 2.31. The maximum Gasteiger partial charge on any atom is 0.573 e. The van der Waals surface area contributed by atoms with Crippen molar-refractivity contribution in [3.05, 3.63) is 24.0 Å². The van der Waals surface area contributed by atoms with Crippen LogP contribution in [0.3, 0.4) is 0 Å². The molecule has 0 aliphatic carbocycles. The van der Waals surface area contributed by atoms with Gasteiger partial charge in [0.1, 0.15) is 11.9 Å². The number of aliphatic carboxylic acids is 1. The minimum Gasteiger partial charge on any atom is -0.480 e. The van der Waals surface area contributed by atoms with Crippen molar-refractivity contribution in [2.45, 2.75) is 37.1 Å². The van der Waals surface area contributed by atoms with Crippen molar-refractivity contribution in [3.8, 4) is 5.75 Å². The molecule has 1 atom stereocenters. The van der Waals surface area contributed by atoms with Gasteiger partial charge in [-0.25, -0.2) is 12.8 Å². The monoisotopic (exact) mass is 359 g/mol. The zero-order chi connectivity index (χ0) is 17.8. The number of sulfonamides is 1. The van der Waals surface area contributed by atoms with Gasteiger partial charge in [0, 0.05) is 0 Å². The van der Waals surface area contributed by atoms with Crippen LogP contribution in [-0.4, -0.2) is 31.9 Å². The molecule has 1 aromatic rings. The zero-order valence-corrected chi connectivity index (χ0v) is 12.5. The fourth-order valence-electron chi connectivity index (χ4n) is 1.72. The third kappa shape index (κ3) is 5.36. The average molecular weight is 359 g/mol. The van der Waals surface area contributed by atoms with Crippen LogP contribution in [0.15, 0.2) is 23.1 Å². The summed E-state index contributed by atoms with van der Waals surface area (Å²) in [5.41, 5.74) is 0. The molecule has 0 saturated heterocycles. The van der Waals surface area contributed by atoms with Gasteiger partial charge < -0.3 is 9.84 Å². The van der Waals surface area contributed by atoms with E-state index in [0.29, 0.717) is 12.1 Å². The lowest BCUT2D eigenvalue weighted by Gasteiger charge is -2.17. The third-order valence-corrected chi connectivity index (χ3v) is 4.13. The molecule has 0 heterocycles. The Hall–Kier alpha value is -1.88. The van der Waals surface area contributed by atoms with Crippen LogP contribution in [0.5, 0.6) is 5.75 Å². The lowest BCUT2D eigenvalue weighted by Crippen LogP contribution is -2.41. The summed E-state index contributed by atoms with van der Waals surface area (Å²) in [5, 5.41) is 8.91. The lowest BCUT2D eigenvalue weighted by molar-refractivity contribution is -0.275. The summed E-state index contributed by atoms with van der Waals surface area (Å²) < 4.78 is 80.0. The number of carboxylic acid groups (broad SMARTS) is 1. The number of benzene rings is 1. The highest BCUT2D eigenvalue weighted by Gasteiger charge is 2.36. The van der Waals surface area contributed by atoms with Gasteiger partial charge in [0.25, 0.3) is 0 Å². The second-order valence-electron chi connectivity index (χ2n) is 4.42. The molecule has 23 heavy (non-hydrogen) atoms. The van der Waals surface area contributed by atoms with E-state index in [0.717, 1.165) is 6.07 Å². The predicted octanol–water partition coefficient (Wildman–Crippen LogP) is 2.26. The molecule has 0 radical (unpaired) electrons. The first-order valence-corrected chi connectivity index (χ1v) is 7.75. The largest absolute Gasteiger partial charge is 0.573 e. The van der Waals surface area contributed by atoms with Gasteiger partial charge in [0.05, 0.1) is 0 Å². The van der Waals surface area contributed by atoms with E-state index in [4.69, 9.17) is 5.11 Å². The van der Waals surface area contributed by atoms with E-state index < -0.39 is 44.9 Å². The number of rotatable bonds is 7. The molecule has 0 fully saturated rings. The van der Waals surface area contributed by atoms with E-state index in [2.05, 4.69) is 4.74 Å². The summed E-state index contributed by atoms with van der Waals surface area (Å²) >= 11 is 0. The number of halogens is 4. The van der Waals surface area contributed by atoms with Gasteiger partial charge >= 0.3 is 12.3 Å². The Morgan fingerprint density at radius 1 is 1.39 bits per heavy atom. The summed E-state index contributed by atoms with van der Waals surface area (Å²) in [5.74, 6) is -4.32. The molecule has 0 amide bonds. The molecule has 1 aromatic carbocycles. The predicted molar refractivity (Wildman–Crippen MR) is 69.7 cm³/mol. The number of carbonyl (C=O) groups is 1. The Bertz CT molecular complexity index is 675. The molecule has 0 saturated carbocycles. The van der Waals surface area contributed by atoms with Crippen molar-refractivity contribution in [2.75, 3.05) is 0 Å². The first kappa shape index (κ1) is 19.2.